The summed E-state index contributed by atoms with van der Waals surface area (Å²) in [5.74, 6) is 0.297. The number of nitrogens with one attached hydrogen (secondary N) is 1. The van der Waals surface area contributed by atoms with Gasteiger partial charge < -0.3 is 10.1 Å². The Hall–Kier alpha value is -2.92. The van der Waals surface area contributed by atoms with E-state index in [1.54, 1.807) is 48.5 Å². The molecule has 4 nitrogen and oxygen atoms in total. The highest BCUT2D eigenvalue weighted by molar-refractivity contribution is 9.10. The number of benzene rings is 3. The maximum Gasteiger partial charge on any atom is 0.255 e. The summed E-state index contributed by atoms with van der Waals surface area (Å²) in [7, 11) is 0. The molecule has 0 aliphatic rings. The van der Waals surface area contributed by atoms with Crippen LogP contribution in [0.15, 0.2) is 77.3 Å². The fourth-order valence-corrected chi connectivity index (χ4v) is 2.68. The molecule has 27 heavy (non-hydrogen) atoms. The third kappa shape index (κ3) is 5.28. The second kappa shape index (κ2) is 8.64. The maximum absolute atomic E-state index is 12.2. The first kappa shape index (κ1) is 18.9. The van der Waals surface area contributed by atoms with Gasteiger partial charge in [-0.25, -0.2) is 0 Å². The summed E-state index contributed by atoms with van der Waals surface area (Å²) in [6.45, 7) is 1.94. The van der Waals surface area contributed by atoms with Gasteiger partial charge in [0, 0.05) is 21.3 Å². The lowest BCUT2D eigenvalue weighted by molar-refractivity contribution is 0.0921. The Kier molecular flexibility index (Phi) is 6.04. The van der Waals surface area contributed by atoms with Crippen molar-refractivity contribution in [1.82, 2.24) is 0 Å². The van der Waals surface area contributed by atoms with Crippen LogP contribution >= 0.6 is 15.9 Å². The average molecular weight is 424 g/mol. The van der Waals surface area contributed by atoms with Gasteiger partial charge in [-0.3, -0.25) is 9.59 Å². The van der Waals surface area contributed by atoms with E-state index in [2.05, 4.69) is 21.2 Å². The summed E-state index contributed by atoms with van der Waals surface area (Å²) in [6.07, 6.45) is 0. The smallest absolute Gasteiger partial charge is 0.255 e. The number of carbonyl (C=O) groups is 2. The summed E-state index contributed by atoms with van der Waals surface area (Å²) in [6, 6.07) is 21.4. The Balaban J connectivity index is 1.55. The zero-order chi connectivity index (χ0) is 19.2. The molecule has 0 bridgehead atoms. The number of anilines is 1. The number of ketones is 1. The first-order valence-corrected chi connectivity index (χ1v) is 9.20. The van der Waals surface area contributed by atoms with Gasteiger partial charge in [0.25, 0.3) is 5.91 Å². The molecule has 0 unspecified atom stereocenters. The number of aryl methyl sites for hydroxylation is 1. The largest absolute Gasteiger partial charge is 0.485 e. The maximum atomic E-state index is 12.2. The zero-order valence-electron chi connectivity index (χ0n) is 14.7. The summed E-state index contributed by atoms with van der Waals surface area (Å²) in [5, 5.41) is 2.82. The predicted molar refractivity (Wildman–Crippen MR) is 110 cm³/mol. The first-order valence-electron chi connectivity index (χ1n) is 8.41. The Morgan fingerprint density at radius 2 is 1.44 bits per heavy atom. The van der Waals surface area contributed by atoms with E-state index in [1.807, 2.05) is 31.2 Å². The molecular weight excluding hydrogens is 406 g/mol. The second-order valence-corrected chi connectivity index (χ2v) is 6.98. The van der Waals surface area contributed by atoms with Gasteiger partial charge in [0.2, 0.25) is 0 Å². The van der Waals surface area contributed by atoms with E-state index >= 15 is 0 Å². The van der Waals surface area contributed by atoms with Gasteiger partial charge in [0.15, 0.2) is 12.4 Å². The molecule has 0 radical (unpaired) electrons. The van der Waals surface area contributed by atoms with Crippen LogP contribution in [-0.2, 0) is 0 Å². The van der Waals surface area contributed by atoms with Gasteiger partial charge in [-0.05, 0) is 55.5 Å². The molecule has 0 atom stereocenters. The molecule has 0 aliphatic carbocycles. The number of hydrogen-bond donors (Lipinski definition) is 1. The van der Waals surface area contributed by atoms with Crippen molar-refractivity contribution in [2.75, 3.05) is 11.9 Å². The molecule has 3 aromatic rings. The molecule has 1 amide bonds. The lowest BCUT2D eigenvalue weighted by Gasteiger charge is -2.08. The van der Waals surface area contributed by atoms with Gasteiger partial charge in [-0.1, -0.05) is 45.8 Å². The summed E-state index contributed by atoms with van der Waals surface area (Å²) >= 11 is 3.34. The van der Waals surface area contributed by atoms with Crippen LogP contribution in [0.2, 0.25) is 0 Å². The van der Waals surface area contributed by atoms with Crippen LogP contribution in [0.3, 0.4) is 0 Å². The molecule has 0 aliphatic heterocycles. The minimum absolute atomic E-state index is 0.0341. The molecule has 0 spiro atoms. The molecular formula is C22H18BrNO3. The first-order chi connectivity index (χ1) is 13.0. The van der Waals surface area contributed by atoms with Crippen LogP contribution in [-0.4, -0.2) is 18.3 Å². The van der Waals surface area contributed by atoms with Crippen molar-refractivity contribution in [3.63, 3.8) is 0 Å². The zero-order valence-corrected chi connectivity index (χ0v) is 16.3. The minimum Gasteiger partial charge on any atom is -0.485 e. The van der Waals surface area contributed by atoms with E-state index in [0.717, 1.165) is 10.0 Å². The molecule has 3 rings (SSSR count). The van der Waals surface area contributed by atoms with Crippen molar-refractivity contribution in [3.8, 4) is 5.75 Å². The molecule has 0 fully saturated rings. The fraction of sp³-hybridized carbons (Fsp3) is 0.0909. The van der Waals surface area contributed by atoms with Gasteiger partial charge in [0.05, 0.1) is 0 Å². The number of carbonyl (C=O) groups excluding carboxylic acids is 2. The van der Waals surface area contributed by atoms with Crippen LogP contribution < -0.4 is 10.1 Å². The van der Waals surface area contributed by atoms with Crippen molar-refractivity contribution in [1.29, 1.82) is 0 Å². The van der Waals surface area contributed by atoms with E-state index < -0.39 is 0 Å². The van der Waals surface area contributed by atoms with Crippen molar-refractivity contribution in [3.05, 3.63) is 94.0 Å². The average Bonchev–Trinajstić information content (AvgIpc) is 2.68. The molecule has 0 heterocycles. The third-order valence-electron chi connectivity index (χ3n) is 3.96. The van der Waals surface area contributed by atoms with Crippen molar-refractivity contribution in [2.24, 2.45) is 0 Å². The van der Waals surface area contributed by atoms with Gasteiger partial charge in [-0.15, -0.1) is 0 Å². The number of Topliss-reactive ketones (excluding diaryl/α,β-unsaturated/α-hetero) is 1. The van der Waals surface area contributed by atoms with Crippen LogP contribution in [0.25, 0.3) is 0 Å². The standard InChI is InChI=1S/C22H18BrNO3/c1-15-2-4-16(5-3-15)21(25)14-27-20-12-10-19(11-13-20)24-22(26)17-6-8-18(23)9-7-17/h2-13H,14H2,1H3,(H,24,26). The van der Waals surface area contributed by atoms with E-state index in [0.29, 0.717) is 22.6 Å². The highest BCUT2D eigenvalue weighted by Crippen LogP contribution is 2.18. The predicted octanol–water partition coefficient (Wildman–Crippen LogP) is 5.27. The lowest BCUT2D eigenvalue weighted by Crippen LogP contribution is -2.12. The Labute approximate surface area is 166 Å². The van der Waals surface area contributed by atoms with Crippen LogP contribution in [0.1, 0.15) is 26.3 Å². The molecule has 3 aromatic carbocycles. The van der Waals surface area contributed by atoms with E-state index in [9.17, 15) is 9.59 Å². The Morgan fingerprint density at radius 3 is 2.07 bits per heavy atom. The van der Waals surface area contributed by atoms with Crippen molar-refractivity contribution in [2.45, 2.75) is 6.92 Å². The number of hydrogen-bond acceptors (Lipinski definition) is 3. The third-order valence-corrected chi connectivity index (χ3v) is 4.49. The number of rotatable bonds is 6. The van der Waals surface area contributed by atoms with Crippen molar-refractivity contribution < 1.29 is 14.3 Å². The minimum atomic E-state index is -0.189. The number of halogens is 1. The highest BCUT2D eigenvalue weighted by Gasteiger charge is 2.08. The summed E-state index contributed by atoms with van der Waals surface area (Å²) in [4.78, 5) is 24.3. The Bertz CT molecular complexity index is 933. The quantitative estimate of drug-likeness (QED) is 0.549. The number of amides is 1. The Morgan fingerprint density at radius 1 is 0.852 bits per heavy atom. The van der Waals surface area contributed by atoms with Gasteiger partial charge >= 0.3 is 0 Å². The number of ether oxygens (including phenoxy) is 1. The molecule has 0 saturated heterocycles. The molecule has 1 N–H and O–H groups in total. The molecule has 0 saturated carbocycles. The van der Waals surface area contributed by atoms with E-state index in [4.69, 9.17) is 4.74 Å². The summed E-state index contributed by atoms with van der Waals surface area (Å²) in [5.41, 5.74) is 2.95. The SMILES string of the molecule is Cc1ccc(C(=O)COc2ccc(NC(=O)c3ccc(Br)cc3)cc2)cc1. The summed E-state index contributed by atoms with van der Waals surface area (Å²) < 4.78 is 6.46. The van der Waals surface area contributed by atoms with E-state index in [-0.39, 0.29) is 18.3 Å². The monoisotopic (exact) mass is 423 g/mol. The molecule has 0 aromatic heterocycles. The topological polar surface area (TPSA) is 55.4 Å². The van der Waals surface area contributed by atoms with Gasteiger partial charge in [-0.2, -0.15) is 0 Å². The molecule has 136 valence electrons. The molecule has 5 heteroatoms. The van der Waals surface area contributed by atoms with Gasteiger partial charge in [0.1, 0.15) is 5.75 Å². The van der Waals surface area contributed by atoms with Crippen LogP contribution in [0.4, 0.5) is 5.69 Å². The fourth-order valence-electron chi connectivity index (χ4n) is 2.41. The van der Waals surface area contributed by atoms with Crippen LogP contribution in [0.5, 0.6) is 5.75 Å². The van der Waals surface area contributed by atoms with E-state index in [1.165, 1.54) is 0 Å². The van der Waals surface area contributed by atoms with Crippen LogP contribution in [0, 0.1) is 6.92 Å². The highest BCUT2D eigenvalue weighted by atomic mass is 79.9. The lowest BCUT2D eigenvalue weighted by atomic mass is 10.1. The van der Waals surface area contributed by atoms with Crippen molar-refractivity contribution >= 4 is 33.3 Å². The second-order valence-electron chi connectivity index (χ2n) is 6.06. The normalized spacial score (nSPS) is 10.3.